The molecular weight excluding hydrogens is 446 g/mol. The summed E-state index contributed by atoms with van der Waals surface area (Å²) in [6, 6.07) is 25.4. The molecule has 6 heteroatoms. The van der Waals surface area contributed by atoms with E-state index in [2.05, 4.69) is 0 Å². The standard InChI is InChI=1S/C28H31NO4S/c1-5-32-26(30)23-13-17-25(18-14-23)34-24-15-11-22(12-16-24)20-29(27(31)33-28(2,3)4)19-21-9-7-6-8-10-21/h6-18H,5,19-20H2,1-4H3. The number of carbonyl (C=O) groups excluding carboxylic acids is 2. The van der Waals surface area contributed by atoms with E-state index in [1.165, 1.54) is 0 Å². The minimum absolute atomic E-state index is 0.312. The van der Waals surface area contributed by atoms with Crippen LogP contribution in [0.1, 0.15) is 49.2 Å². The van der Waals surface area contributed by atoms with Crippen LogP contribution < -0.4 is 0 Å². The molecule has 3 aromatic rings. The van der Waals surface area contributed by atoms with Gasteiger partial charge >= 0.3 is 12.1 Å². The summed E-state index contributed by atoms with van der Waals surface area (Å²) in [4.78, 5) is 28.5. The molecule has 3 aromatic carbocycles. The lowest BCUT2D eigenvalue weighted by atomic mass is 10.1. The highest BCUT2D eigenvalue weighted by atomic mass is 32.2. The van der Waals surface area contributed by atoms with Gasteiger partial charge in [-0.2, -0.15) is 0 Å². The van der Waals surface area contributed by atoms with Crippen molar-refractivity contribution in [2.24, 2.45) is 0 Å². The van der Waals surface area contributed by atoms with Crippen LogP contribution in [0, 0.1) is 0 Å². The lowest BCUT2D eigenvalue weighted by molar-refractivity contribution is 0.0216. The van der Waals surface area contributed by atoms with Crippen LogP contribution in [0.2, 0.25) is 0 Å². The van der Waals surface area contributed by atoms with Crippen LogP contribution in [0.25, 0.3) is 0 Å². The molecule has 0 aliphatic carbocycles. The summed E-state index contributed by atoms with van der Waals surface area (Å²) in [6.45, 7) is 8.69. The van der Waals surface area contributed by atoms with Gasteiger partial charge in [0.25, 0.3) is 0 Å². The predicted molar refractivity (Wildman–Crippen MR) is 135 cm³/mol. The van der Waals surface area contributed by atoms with Crippen LogP contribution in [-0.4, -0.2) is 29.2 Å². The topological polar surface area (TPSA) is 55.8 Å². The summed E-state index contributed by atoms with van der Waals surface area (Å²) in [5.41, 5.74) is 2.05. The quantitative estimate of drug-likeness (QED) is 0.329. The average Bonchev–Trinajstić information content (AvgIpc) is 2.80. The third-order valence-electron chi connectivity index (χ3n) is 4.77. The van der Waals surface area contributed by atoms with E-state index in [1.54, 1.807) is 35.7 Å². The van der Waals surface area contributed by atoms with E-state index < -0.39 is 5.60 Å². The number of amides is 1. The normalized spacial score (nSPS) is 11.1. The molecule has 0 spiro atoms. The number of esters is 1. The van der Waals surface area contributed by atoms with Gasteiger partial charge in [0.15, 0.2) is 0 Å². The van der Waals surface area contributed by atoms with Crippen molar-refractivity contribution in [3.8, 4) is 0 Å². The van der Waals surface area contributed by atoms with Crippen molar-refractivity contribution in [1.82, 2.24) is 4.90 Å². The first-order valence-corrected chi connectivity index (χ1v) is 12.1. The summed E-state index contributed by atoms with van der Waals surface area (Å²) in [7, 11) is 0. The Kier molecular flexibility index (Phi) is 8.77. The summed E-state index contributed by atoms with van der Waals surface area (Å²) in [6.07, 6.45) is -0.337. The number of benzene rings is 3. The number of nitrogens with zero attached hydrogens (tertiary/aromatic N) is 1. The van der Waals surface area contributed by atoms with E-state index >= 15 is 0 Å². The van der Waals surface area contributed by atoms with Gasteiger partial charge in [-0.25, -0.2) is 9.59 Å². The first-order valence-electron chi connectivity index (χ1n) is 11.3. The van der Waals surface area contributed by atoms with Gasteiger partial charge in [-0.15, -0.1) is 0 Å². The molecule has 178 valence electrons. The second-order valence-electron chi connectivity index (χ2n) is 8.81. The first kappa shape index (κ1) is 25.4. The lowest BCUT2D eigenvalue weighted by Crippen LogP contribution is -2.36. The zero-order valence-electron chi connectivity index (χ0n) is 20.1. The molecule has 0 aromatic heterocycles. The molecule has 0 heterocycles. The van der Waals surface area contributed by atoms with Crippen molar-refractivity contribution in [3.05, 3.63) is 95.6 Å². The molecule has 0 unspecified atom stereocenters. The van der Waals surface area contributed by atoms with Gasteiger partial charge in [0, 0.05) is 22.9 Å². The zero-order valence-corrected chi connectivity index (χ0v) is 20.9. The van der Waals surface area contributed by atoms with E-state index in [4.69, 9.17) is 9.47 Å². The second kappa shape index (κ2) is 11.7. The van der Waals surface area contributed by atoms with Crippen LogP contribution in [0.5, 0.6) is 0 Å². The second-order valence-corrected chi connectivity index (χ2v) is 9.96. The van der Waals surface area contributed by atoms with Gasteiger partial charge in [-0.05, 0) is 75.2 Å². The Labute approximate surface area is 206 Å². The third-order valence-corrected chi connectivity index (χ3v) is 5.78. The molecule has 0 bridgehead atoms. The molecule has 0 radical (unpaired) electrons. The highest BCUT2D eigenvalue weighted by Gasteiger charge is 2.22. The maximum Gasteiger partial charge on any atom is 0.410 e. The molecular formula is C28H31NO4S. The summed E-state index contributed by atoms with van der Waals surface area (Å²) in [5, 5.41) is 0. The molecule has 0 saturated heterocycles. The number of ether oxygens (including phenoxy) is 2. The van der Waals surface area contributed by atoms with E-state index in [-0.39, 0.29) is 12.1 Å². The Morgan fingerprint density at radius 1 is 0.794 bits per heavy atom. The van der Waals surface area contributed by atoms with Gasteiger partial charge in [-0.1, -0.05) is 54.2 Å². The highest BCUT2D eigenvalue weighted by molar-refractivity contribution is 7.99. The van der Waals surface area contributed by atoms with Gasteiger partial charge < -0.3 is 9.47 Å². The van der Waals surface area contributed by atoms with E-state index in [1.807, 2.05) is 87.5 Å². The number of hydrogen-bond acceptors (Lipinski definition) is 5. The first-order chi connectivity index (χ1) is 16.2. The lowest BCUT2D eigenvalue weighted by Gasteiger charge is -2.27. The van der Waals surface area contributed by atoms with E-state index in [0.29, 0.717) is 25.3 Å². The summed E-state index contributed by atoms with van der Waals surface area (Å²) in [5.74, 6) is -0.312. The molecule has 0 aliphatic rings. The van der Waals surface area contributed by atoms with Crippen LogP contribution in [0.15, 0.2) is 88.7 Å². The average molecular weight is 478 g/mol. The minimum Gasteiger partial charge on any atom is -0.462 e. The number of hydrogen-bond donors (Lipinski definition) is 0. The van der Waals surface area contributed by atoms with Crippen molar-refractivity contribution in [3.63, 3.8) is 0 Å². The Balaban J connectivity index is 1.67. The third kappa shape index (κ3) is 7.96. The van der Waals surface area contributed by atoms with Crippen LogP contribution >= 0.6 is 11.8 Å². The fourth-order valence-corrected chi connectivity index (χ4v) is 4.02. The van der Waals surface area contributed by atoms with Gasteiger partial charge in [-0.3, -0.25) is 4.90 Å². The van der Waals surface area contributed by atoms with Crippen molar-refractivity contribution in [2.75, 3.05) is 6.61 Å². The largest absolute Gasteiger partial charge is 0.462 e. The Morgan fingerprint density at radius 3 is 1.85 bits per heavy atom. The zero-order chi connectivity index (χ0) is 24.6. The van der Waals surface area contributed by atoms with E-state index in [0.717, 1.165) is 20.9 Å². The monoisotopic (exact) mass is 477 g/mol. The Bertz CT molecular complexity index is 1070. The smallest absolute Gasteiger partial charge is 0.410 e. The SMILES string of the molecule is CCOC(=O)c1ccc(Sc2ccc(CN(Cc3ccccc3)C(=O)OC(C)(C)C)cc2)cc1. The Hall–Kier alpha value is -3.25. The molecule has 0 saturated carbocycles. The van der Waals surface area contributed by atoms with Crippen LogP contribution in [0.4, 0.5) is 4.79 Å². The van der Waals surface area contributed by atoms with Crippen molar-refractivity contribution >= 4 is 23.8 Å². The number of rotatable bonds is 8. The summed E-state index contributed by atoms with van der Waals surface area (Å²) >= 11 is 1.61. The van der Waals surface area contributed by atoms with Crippen molar-refractivity contribution in [1.29, 1.82) is 0 Å². The van der Waals surface area contributed by atoms with Crippen molar-refractivity contribution in [2.45, 2.75) is 56.2 Å². The molecule has 1 amide bonds. The maximum absolute atomic E-state index is 12.9. The fraction of sp³-hybridized carbons (Fsp3) is 0.286. The highest BCUT2D eigenvalue weighted by Crippen LogP contribution is 2.28. The molecule has 0 fully saturated rings. The molecule has 0 N–H and O–H groups in total. The van der Waals surface area contributed by atoms with Crippen molar-refractivity contribution < 1.29 is 19.1 Å². The van der Waals surface area contributed by atoms with Gasteiger partial charge in [0.2, 0.25) is 0 Å². The number of carbonyl (C=O) groups is 2. The maximum atomic E-state index is 12.9. The minimum atomic E-state index is -0.560. The molecule has 0 atom stereocenters. The fourth-order valence-electron chi connectivity index (χ4n) is 3.21. The van der Waals surface area contributed by atoms with Crippen LogP contribution in [-0.2, 0) is 22.6 Å². The van der Waals surface area contributed by atoms with Gasteiger partial charge in [0.05, 0.1) is 12.2 Å². The van der Waals surface area contributed by atoms with E-state index in [9.17, 15) is 9.59 Å². The molecule has 34 heavy (non-hydrogen) atoms. The van der Waals surface area contributed by atoms with Gasteiger partial charge in [0.1, 0.15) is 5.60 Å². The Morgan fingerprint density at radius 2 is 1.32 bits per heavy atom. The van der Waals surface area contributed by atoms with Crippen LogP contribution in [0.3, 0.4) is 0 Å². The molecule has 5 nitrogen and oxygen atoms in total. The molecule has 0 aliphatic heterocycles. The summed E-state index contributed by atoms with van der Waals surface area (Å²) < 4.78 is 10.7. The molecule has 3 rings (SSSR count). The predicted octanol–water partition coefficient (Wildman–Crippen LogP) is 6.95.